The first-order valence-corrected chi connectivity index (χ1v) is 11.3. The fourth-order valence-corrected chi connectivity index (χ4v) is 3.28. The number of carbonyl (C=O) groups is 3. The van der Waals surface area contributed by atoms with Crippen LogP contribution in [0.5, 0.6) is 11.5 Å². The van der Waals surface area contributed by atoms with Crippen molar-refractivity contribution >= 4 is 23.3 Å². The van der Waals surface area contributed by atoms with E-state index < -0.39 is 12.1 Å². The molecule has 1 atom stereocenters. The fourth-order valence-electron chi connectivity index (χ4n) is 3.28. The highest BCUT2D eigenvalue weighted by atomic mass is 16.5. The Morgan fingerprint density at radius 3 is 2.18 bits per heavy atom. The number of benzene rings is 3. The van der Waals surface area contributed by atoms with E-state index in [1.54, 1.807) is 55.5 Å². The van der Waals surface area contributed by atoms with Crippen LogP contribution in [0.15, 0.2) is 72.8 Å². The number of nitrogens with one attached hydrogen (secondary N) is 1. The van der Waals surface area contributed by atoms with Crippen LogP contribution in [-0.4, -0.2) is 23.8 Å². The van der Waals surface area contributed by atoms with Gasteiger partial charge in [0.05, 0.1) is 0 Å². The molecule has 1 unspecified atom stereocenters. The number of aryl methyl sites for hydroxylation is 2. The molecule has 1 N–H and O–H groups in total. The number of anilines is 1. The van der Waals surface area contributed by atoms with E-state index in [0.717, 1.165) is 11.3 Å². The minimum absolute atomic E-state index is 0.0581. The van der Waals surface area contributed by atoms with Gasteiger partial charge in [0.2, 0.25) is 11.7 Å². The molecule has 3 rings (SSSR count). The molecule has 0 aliphatic carbocycles. The van der Waals surface area contributed by atoms with Crippen LogP contribution in [0.3, 0.4) is 0 Å². The van der Waals surface area contributed by atoms with Gasteiger partial charge < -0.3 is 14.8 Å². The average molecular weight is 460 g/mol. The van der Waals surface area contributed by atoms with Crippen molar-refractivity contribution < 1.29 is 23.9 Å². The third kappa shape index (κ3) is 7.30. The first kappa shape index (κ1) is 24.7. The van der Waals surface area contributed by atoms with Crippen LogP contribution < -0.4 is 10.1 Å². The zero-order chi connectivity index (χ0) is 24.5. The van der Waals surface area contributed by atoms with E-state index in [2.05, 4.69) is 5.32 Å². The quantitative estimate of drug-likeness (QED) is 0.296. The number of amides is 1. The molecule has 176 valence electrons. The van der Waals surface area contributed by atoms with Gasteiger partial charge in [-0.2, -0.15) is 0 Å². The van der Waals surface area contributed by atoms with Gasteiger partial charge in [-0.15, -0.1) is 0 Å². The summed E-state index contributed by atoms with van der Waals surface area (Å²) in [5, 5.41) is 2.80. The Bertz CT molecular complexity index is 1140. The van der Waals surface area contributed by atoms with Gasteiger partial charge in [0.15, 0.2) is 6.10 Å². The van der Waals surface area contributed by atoms with Crippen molar-refractivity contribution in [3.8, 4) is 11.5 Å². The molecule has 6 heteroatoms. The Morgan fingerprint density at radius 1 is 0.824 bits per heavy atom. The molecule has 0 aromatic heterocycles. The summed E-state index contributed by atoms with van der Waals surface area (Å²) in [6, 6.07) is 21.7. The Morgan fingerprint density at radius 2 is 1.50 bits per heavy atom. The van der Waals surface area contributed by atoms with Crippen molar-refractivity contribution in [3.05, 3.63) is 89.5 Å². The molecule has 0 fully saturated rings. The van der Waals surface area contributed by atoms with Crippen LogP contribution in [0, 0.1) is 13.8 Å². The highest BCUT2D eigenvalue weighted by Crippen LogP contribution is 2.25. The zero-order valence-corrected chi connectivity index (χ0v) is 19.7. The van der Waals surface area contributed by atoms with Crippen molar-refractivity contribution in [2.75, 3.05) is 5.32 Å². The summed E-state index contributed by atoms with van der Waals surface area (Å²) in [7, 11) is 0. The molecule has 1 amide bonds. The molecule has 0 aliphatic rings. The predicted octanol–water partition coefficient (Wildman–Crippen LogP) is 6.02. The van der Waals surface area contributed by atoms with Crippen LogP contribution in [0.25, 0.3) is 0 Å². The Labute approximate surface area is 199 Å². The van der Waals surface area contributed by atoms with Crippen molar-refractivity contribution in [2.45, 2.75) is 46.1 Å². The smallest absolute Gasteiger partial charge is 0.306 e. The number of esters is 1. The standard InChI is InChI=1S/C28H29NO5/c1-19-12-15-25(18-20(19)2)34-24-16-13-23(14-17-24)29-26(30)10-7-11-27(31)33-21(3)28(32)22-8-5-4-6-9-22/h4-6,8-9,12-18,21H,7,10-11H2,1-3H3,(H,29,30). The molecule has 0 spiro atoms. The maximum atomic E-state index is 12.3. The van der Waals surface area contributed by atoms with Crippen molar-refractivity contribution in [1.29, 1.82) is 0 Å². The average Bonchev–Trinajstić information content (AvgIpc) is 2.82. The summed E-state index contributed by atoms with van der Waals surface area (Å²) < 4.78 is 11.1. The zero-order valence-electron chi connectivity index (χ0n) is 19.7. The van der Waals surface area contributed by atoms with Gasteiger partial charge in [-0.1, -0.05) is 36.4 Å². The van der Waals surface area contributed by atoms with Gasteiger partial charge in [-0.25, -0.2) is 0 Å². The second-order valence-electron chi connectivity index (χ2n) is 8.14. The Balaban J connectivity index is 1.39. The van der Waals surface area contributed by atoms with Crippen molar-refractivity contribution in [3.63, 3.8) is 0 Å². The summed E-state index contributed by atoms with van der Waals surface area (Å²) in [5.74, 6) is 0.466. The van der Waals surface area contributed by atoms with Crippen LogP contribution >= 0.6 is 0 Å². The summed E-state index contributed by atoms with van der Waals surface area (Å²) in [6.07, 6.45) is -0.321. The van der Waals surface area contributed by atoms with Gasteiger partial charge in [0, 0.05) is 24.1 Å². The molecule has 0 radical (unpaired) electrons. The molecule has 0 bridgehead atoms. The molecule has 0 saturated heterocycles. The maximum absolute atomic E-state index is 12.3. The molecule has 0 heterocycles. The van der Waals surface area contributed by atoms with E-state index in [-0.39, 0.29) is 24.5 Å². The largest absolute Gasteiger partial charge is 0.457 e. The lowest BCUT2D eigenvalue weighted by Gasteiger charge is -2.12. The molecule has 0 saturated carbocycles. The molecule has 3 aromatic carbocycles. The summed E-state index contributed by atoms with van der Waals surface area (Å²) in [6.45, 7) is 5.63. The Kier molecular flexibility index (Phi) is 8.57. The van der Waals surface area contributed by atoms with Gasteiger partial charge in [0.1, 0.15) is 11.5 Å². The van der Waals surface area contributed by atoms with Crippen LogP contribution in [0.2, 0.25) is 0 Å². The van der Waals surface area contributed by atoms with E-state index in [0.29, 0.717) is 23.4 Å². The minimum atomic E-state index is -0.867. The molecular weight excluding hydrogens is 430 g/mol. The predicted molar refractivity (Wildman–Crippen MR) is 131 cm³/mol. The van der Waals surface area contributed by atoms with E-state index in [1.165, 1.54) is 5.56 Å². The van der Waals surface area contributed by atoms with Crippen LogP contribution in [0.1, 0.15) is 47.7 Å². The SMILES string of the molecule is Cc1ccc(Oc2ccc(NC(=O)CCCC(=O)OC(C)C(=O)c3ccccc3)cc2)cc1C. The number of hydrogen-bond acceptors (Lipinski definition) is 5. The summed E-state index contributed by atoms with van der Waals surface area (Å²) in [4.78, 5) is 36.5. The highest BCUT2D eigenvalue weighted by Gasteiger charge is 2.19. The summed E-state index contributed by atoms with van der Waals surface area (Å²) in [5.41, 5.74) is 3.49. The second kappa shape index (κ2) is 11.8. The third-order valence-corrected chi connectivity index (χ3v) is 5.37. The lowest BCUT2D eigenvalue weighted by atomic mass is 10.1. The number of Topliss-reactive ketones (excluding diaryl/α,β-unsaturated/α-hetero) is 1. The normalized spacial score (nSPS) is 11.4. The van der Waals surface area contributed by atoms with Crippen LogP contribution in [0.4, 0.5) is 5.69 Å². The lowest BCUT2D eigenvalue weighted by molar-refractivity contribution is -0.146. The number of rotatable bonds is 10. The Hall–Kier alpha value is -3.93. The van der Waals surface area contributed by atoms with Gasteiger partial charge >= 0.3 is 5.97 Å². The van der Waals surface area contributed by atoms with E-state index >= 15 is 0 Å². The molecule has 34 heavy (non-hydrogen) atoms. The number of ketones is 1. The third-order valence-electron chi connectivity index (χ3n) is 5.37. The monoisotopic (exact) mass is 459 g/mol. The van der Waals surface area contributed by atoms with Crippen LogP contribution in [-0.2, 0) is 14.3 Å². The topological polar surface area (TPSA) is 81.7 Å². The van der Waals surface area contributed by atoms with E-state index in [1.807, 2.05) is 38.1 Å². The fraction of sp³-hybridized carbons (Fsp3) is 0.250. The molecular formula is C28H29NO5. The minimum Gasteiger partial charge on any atom is -0.457 e. The lowest BCUT2D eigenvalue weighted by Crippen LogP contribution is -2.24. The number of ether oxygens (including phenoxy) is 2. The molecule has 6 nitrogen and oxygen atoms in total. The van der Waals surface area contributed by atoms with Crippen molar-refractivity contribution in [2.24, 2.45) is 0 Å². The van der Waals surface area contributed by atoms with Crippen molar-refractivity contribution in [1.82, 2.24) is 0 Å². The number of carbonyl (C=O) groups excluding carboxylic acids is 3. The highest BCUT2D eigenvalue weighted by molar-refractivity contribution is 6.00. The van der Waals surface area contributed by atoms with Gasteiger partial charge in [-0.05, 0) is 74.7 Å². The van der Waals surface area contributed by atoms with E-state index in [4.69, 9.17) is 9.47 Å². The first-order chi connectivity index (χ1) is 16.3. The second-order valence-corrected chi connectivity index (χ2v) is 8.14. The number of hydrogen-bond donors (Lipinski definition) is 1. The van der Waals surface area contributed by atoms with E-state index in [9.17, 15) is 14.4 Å². The van der Waals surface area contributed by atoms with Gasteiger partial charge in [0.25, 0.3) is 0 Å². The molecule has 0 aliphatic heterocycles. The van der Waals surface area contributed by atoms with Gasteiger partial charge in [-0.3, -0.25) is 14.4 Å². The summed E-state index contributed by atoms with van der Waals surface area (Å²) >= 11 is 0. The molecule has 3 aromatic rings. The maximum Gasteiger partial charge on any atom is 0.306 e. The first-order valence-electron chi connectivity index (χ1n) is 11.3.